The summed E-state index contributed by atoms with van der Waals surface area (Å²) in [5.41, 5.74) is 0.378. The molecule has 0 amide bonds. The van der Waals surface area contributed by atoms with E-state index in [1.807, 2.05) is 6.92 Å². The van der Waals surface area contributed by atoms with Gasteiger partial charge in [-0.1, -0.05) is 12.1 Å². The zero-order valence-electron chi connectivity index (χ0n) is 15.0. The molecule has 9 heteroatoms. The van der Waals surface area contributed by atoms with E-state index in [1.54, 1.807) is 12.1 Å². The molecule has 2 aromatic rings. The summed E-state index contributed by atoms with van der Waals surface area (Å²) in [6.07, 6.45) is 0. The molecule has 0 aliphatic rings. The van der Waals surface area contributed by atoms with Crippen molar-refractivity contribution in [3.8, 4) is 0 Å². The van der Waals surface area contributed by atoms with Crippen molar-refractivity contribution < 1.29 is 27.5 Å². The van der Waals surface area contributed by atoms with Crippen molar-refractivity contribution in [1.82, 2.24) is 4.72 Å². The third-order valence-corrected chi connectivity index (χ3v) is 6.22. The third-order valence-electron chi connectivity index (χ3n) is 3.62. The second kappa shape index (κ2) is 8.55. The number of ether oxygens (including phenoxy) is 1. The summed E-state index contributed by atoms with van der Waals surface area (Å²) in [5, 5.41) is 0. The summed E-state index contributed by atoms with van der Waals surface area (Å²) in [4.78, 5) is 36.5. The molecule has 1 aromatic carbocycles. The van der Waals surface area contributed by atoms with E-state index in [4.69, 9.17) is 4.74 Å². The highest BCUT2D eigenvalue weighted by Gasteiger charge is 2.24. The minimum Gasteiger partial charge on any atom is -0.456 e. The molecule has 144 valence electrons. The zero-order chi connectivity index (χ0) is 20.2. The first-order chi connectivity index (χ1) is 12.6. The Morgan fingerprint density at radius 1 is 1.11 bits per heavy atom. The second-order valence-corrected chi connectivity index (χ2v) is 8.87. The predicted octanol–water partition coefficient (Wildman–Crippen LogP) is 2.35. The minimum atomic E-state index is -3.98. The number of benzene rings is 1. The molecule has 27 heavy (non-hydrogen) atoms. The number of carbonyl (C=O) groups is 3. The van der Waals surface area contributed by atoms with Gasteiger partial charge in [0.15, 0.2) is 12.4 Å². The molecule has 0 radical (unpaired) electrons. The molecule has 0 bridgehead atoms. The van der Waals surface area contributed by atoms with Gasteiger partial charge in [0.25, 0.3) is 0 Å². The van der Waals surface area contributed by atoms with Crippen LogP contribution in [0.3, 0.4) is 0 Å². The third kappa shape index (κ3) is 5.56. The van der Waals surface area contributed by atoms with Crippen LogP contribution in [0.5, 0.6) is 0 Å². The zero-order valence-corrected chi connectivity index (χ0v) is 16.6. The standard InChI is InChI=1S/C18H19NO6S2/c1-11-4-9-17(26-11)16(21)10-25-18(22)12(2)19-27(23,24)15-7-5-14(6-8-15)13(3)20/h4-9,12,19H,10H2,1-3H3/t12-/m0/s1. The maximum absolute atomic E-state index is 12.3. The normalized spacial score (nSPS) is 12.4. The number of sulfonamides is 1. The molecule has 0 saturated heterocycles. The molecular weight excluding hydrogens is 390 g/mol. The van der Waals surface area contributed by atoms with E-state index in [1.165, 1.54) is 49.4 Å². The lowest BCUT2D eigenvalue weighted by Crippen LogP contribution is -2.40. The second-order valence-electron chi connectivity index (χ2n) is 5.86. The van der Waals surface area contributed by atoms with Crippen molar-refractivity contribution in [3.63, 3.8) is 0 Å². The molecule has 0 fully saturated rings. The van der Waals surface area contributed by atoms with E-state index < -0.39 is 28.6 Å². The van der Waals surface area contributed by atoms with Gasteiger partial charge in [0.2, 0.25) is 15.8 Å². The highest BCUT2D eigenvalue weighted by molar-refractivity contribution is 7.89. The molecule has 7 nitrogen and oxygen atoms in total. The lowest BCUT2D eigenvalue weighted by atomic mass is 10.2. The molecule has 1 heterocycles. The first kappa shape index (κ1) is 20.9. The number of esters is 1. The van der Waals surface area contributed by atoms with Gasteiger partial charge in [0.1, 0.15) is 6.04 Å². The van der Waals surface area contributed by atoms with Gasteiger partial charge in [-0.3, -0.25) is 14.4 Å². The van der Waals surface area contributed by atoms with Gasteiger partial charge in [0.05, 0.1) is 9.77 Å². The van der Waals surface area contributed by atoms with E-state index >= 15 is 0 Å². The molecule has 2 rings (SSSR count). The number of ketones is 2. The van der Waals surface area contributed by atoms with Gasteiger partial charge in [0, 0.05) is 10.4 Å². The number of nitrogens with one attached hydrogen (secondary N) is 1. The Kier molecular flexibility index (Phi) is 6.63. The molecule has 0 aliphatic carbocycles. The van der Waals surface area contributed by atoms with E-state index in [0.717, 1.165) is 4.88 Å². The van der Waals surface area contributed by atoms with Crippen LogP contribution in [0.4, 0.5) is 0 Å². The highest BCUT2D eigenvalue weighted by atomic mass is 32.2. The molecule has 1 atom stereocenters. The van der Waals surface area contributed by atoms with Gasteiger partial charge in [-0.15, -0.1) is 11.3 Å². The van der Waals surface area contributed by atoms with E-state index in [9.17, 15) is 22.8 Å². The summed E-state index contributed by atoms with van der Waals surface area (Å²) >= 11 is 1.29. The Balaban J connectivity index is 1.96. The number of hydrogen-bond acceptors (Lipinski definition) is 7. The maximum atomic E-state index is 12.3. The quantitative estimate of drug-likeness (QED) is 0.530. The minimum absolute atomic E-state index is 0.0858. The van der Waals surface area contributed by atoms with Gasteiger partial charge in [-0.05, 0) is 45.0 Å². The average molecular weight is 409 g/mol. The van der Waals surface area contributed by atoms with Crippen LogP contribution in [-0.2, 0) is 19.6 Å². The van der Waals surface area contributed by atoms with Crippen LogP contribution in [0.15, 0.2) is 41.3 Å². The topological polar surface area (TPSA) is 107 Å². The van der Waals surface area contributed by atoms with E-state index in [-0.39, 0.29) is 16.5 Å². The summed E-state index contributed by atoms with van der Waals surface area (Å²) in [6, 6.07) is 7.59. The Morgan fingerprint density at radius 2 is 1.74 bits per heavy atom. The molecule has 1 N–H and O–H groups in total. The number of Topliss-reactive ketones (excluding diaryl/α,β-unsaturated/α-hetero) is 2. The van der Waals surface area contributed by atoms with Crippen LogP contribution in [0, 0.1) is 6.92 Å². The van der Waals surface area contributed by atoms with Crippen LogP contribution in [-0.4, -0.2) is 38.6 Å². The fourth-order valence-electron chi connectivity index (χ4n) is 2.13. The Bertz CT molecular complexity index is 960. The summed E-state index contributed by atoms with van der Waals surface area (Å²) in [6.45, 7) is 4.09. The number of hydrogen-bond donors (Lipinski definition) is 1. The molecular formula is C18H19NO6S2. The molecule has 0 unspecified atom stereocenters. The first-order valence-corrected chi connectivity index (χ1v) is 10.3. The van der Waals surface area contributed by atoms with Crippen LogP contribution >= 0.6 is 11.3 Å². The highest BCUT2D eigenvalue weighted by Crippen LogP contribution is 2.16. The van der Waals surface area contributed by atoms with Crippen molar-refractivity contribution in [3.05, 3.63) is 51.7 Å². The van der Waals surface area contributed by atoms with Crippen molar-refractivity contribution in [2.75, 3.05) is 6.61 Å². The lowest BCUT2D eigenvalue weighted by molar-refractivity contribution is -0.144. The fraction of sp³-hybridized carbons (Fsp3) is 0.278. The molecule has 0 saturated carbocycles. The lowest BCUT2D eigenvalue weighted by Gasteiger charge is -2.13. The molecule has 1 aromatic heterocycles. The Labute approximate surface area is 161 Å². The average Bonchev–Trinajstić information content (AvgIpc) is 3.05. The first-order valence-electron chi connectivity index (χ1n) is 8.00. The van der Waals surface area contributed by atoms with Crippen LogP contribution < -0.4 is 4.72 Å². The monoisotopic (exact) mass is 409 g/mol. The Hall–Kier alpha value is -2.36. The smallest absolute Gasteiger partial charge is 0.324 e. The molecule has 0 aliphatic heterocycles. The van der Waals surface area contributed by atoms with Crippen LogP contribution in [0.25, 0.3) is 0 Å². The van der Waals surface area contributed by atoms with Gasteiger partial charge >= 0.3 is 5.97 Å². The summed E-state index contributed by atoms with van der Waals surface area (Å²) in [5.74, 6) is -1.40. The van der Waals surface area contributed by atoms with Crippen molar-refractivity contribution in [1.29, 1.82) is 0 Å². The summed E-state index contributed by atoms with van der Waals surface area (Å²) < 4.78 is 31.7. The number of aryl methyl sites for hydroxylation is 1. The predicted molar refractivity (Wildman–Crippen MR) is 101 cm³/mol. The SMILES string of the molecule is CC(=O)c1ccc(S(=O)(=O)N[C@@H](C)C(=O)OCC(=O)c2ccc(C)s2)cc1. The Morgan fingerprint density at radius 3 is 2.26 bits per heavy atom. The number of thiophene rings is 1. The van der Waals surface area contributed by atoms with Crippen LogP contribution in [0.2, 0.25) is 0 Å². The fourth-order valence-corrected chi connectivity index (χ4v) is 4.12. The molecule has 0 spiro atoms. The van der Waals surface area contributed by atoms with E-state index in [2.05, 4.69) is 4.72 Å². The van der Waals surface area contributed by atoms with Crippen LogP contribution in [0.1, 0.15) is 38.8 Å². The van der Waals surface area contributed by atoms with Gasteiger partial charge < -0.3 is 4.74 Å². The van der Waals surface area contributed by atoms with Crippen molar-refractivity contribution in [2.45, 2.75) is 31.7 Å². The number of rotatable bonds is 8. The largest absolute Gasteiger partial charge is 0.456 e. The number of carbonyl (C=O) groups excluding carboxylic acids is 3. The van der Waals surface area contributed by atoms with Gasteiger partial charge in [-0.25, -0.2) is 8.42 Å². The van der Waals surface area contributed by atoms with Crippen molar-refractivity contribution in [2.24, 2.45) is 0 Å². The summed E-state index contributed by atoms with van der Waals surface area (Å²) in [7, 11) is -3.98. The van der Waals surface area contributed by atoms with E-state index in [0.29, 0.717) is 10.4 Å². The van der Waals surface area contributed by atoms with Gasteiger partial charge in [-0.2, -0.15) is 4.72 Å². The van der Waals surface area contributed by atoms with Crippen molar-refractivity contribution >= 4 is 38.9 Å². The maximum Gasteiger partial charge on any atom is 0.324 e.